The molecule has 0 amide bonds. The standard InChI is InChI=1S/C35H46O6/c1-20(2)15-16-26(22(5)6)19-34(18-17-21(3)4)32(39)29(35(40,25(9)36)27-13-11-10-12-14-27)31(38)28-30(37)23(7)24(8)41-33(28)34/h10-15,17,23-24,28,33,39-40H,16,18-19H2,1-9H3. The van der Waals surface area contributed by atoms with Crippen LogP contribution in [0.4, 0.5) is 0 Å². The molecule has 2 aliphatic rings. The summed E-state index contributed by atoms with van der Waals surface area (Å²) in [5.41, 5.74) is 0.222. The quantitative estimate of drug-likeness (QED) is 0.251. The fourth-order valence-corrected chi connectivity index (χ4v) is 6.03. The van der Waals surface area contributed by atoms with E-state index in [1.165, 1.54) is 6.92 Å². The third kappa shape index (κ3) is 5.96. The first-order valence-electron chi connectivity index (χ1n) is 14.5. The maximum Gasteiger partial charge on any atom is 0.180 e. The molecule has 1 heterocycles. The molecular formula is C35H46O6. The van der Waals surface area contributed by atoms with E-state index in [1.54, 1.807) is 37.3 Å². The fraction of sp³-hybridized carbons (Fsp3) is 0.514. The summed E-state index contributed by atoms with van der Waals surface area (Å²) in [6.07, 6.45) is 3.77. The van der Waals surface area contributed by atoms with Gasteiger partial charge in [0, 0.05) is 5.92 Å². The molecule has 6 atom stereocenters. The maximum absolute atomic E-state index is 14.3. The van der Waals surface area contributed by atoms with E-state index in [0.29, 0.717) is 6.42 Å². The van der Waals surface area contributed by atoms with Crippen LogP contribution in [0.2, 0.25) is 0 Å². The van der Waals surface area contributed by atoms with Gasteiger partial charge in [0.15, 0.2) is 23.0 Å². The summed E-state index contributed by atoms with van der Waals surface area (Å²) in [4.78, 5) is 41.6. The highest BCUT2D eigenvalue weighted by Crippen LogP contribution is 2.56. The van der Waals surface area contributed by atoms with Crippen LogP contribution in [-0.2, 0) is 24.7 Å². The van der Waals surface area contributed by atoms with Gasteiger partial charge in [0.1, 0.15) is 11.7 Å². The summed E-state index contributed by atoms with van der Waals surface area (Å²) in [7, 11) is 0. The van der Waals surface area contributed by atoms with Crippen molar-refractivity contribution in [2.75, 3.05) is 0 Å². The lowest BCUT2D eigenvalue weighted by atomic mass is 9.56. The van der Waals surface area contributed by atoms with Gasteiger partial charge in [0.2, 0.25) is 0 Å². The molecule has 0 radical (unpaired) electrons. The number of Topliss-reactive ketones (excluding diaryl/α,β-unsaturated/α-hetero) is 3. The molecule has 1 aliphatic carbocycles. The van der Waals surface area contributed by atoms with E-state index in [2.05, 4.69) is 6.08 Å². The zero-order valence-electron chi connectivity index (χ0n) is 26.0. The first kappa shape index (κ1) is 32.4. The minimum atomic E-state index is -2.44. The Labute approximate surface area is 244 Å². The molecule has 1 aliphatic heterocycles. The van der Waals surface area contributed by atoms with Crippen molar-refractivity contribution in [3.8, 4) is 0 Å². The Morgan fingerprint density at radius 1 is 0.976 bits per heavy atom. The molecule has 6 heteroatoms. The molecule has 1 saturated heterocycles. The van der Waals surface area contributed by atoms with Gasteiger partial charge in [-0.2, -0.15) is 0 Å². The third-order valence-corrected chi connectivity index (χ3v) is 8.84. The van der Waals surface area contributed by atoms with Gasteiger partial charge in [-0.05, 0) is 80.2 Å². The lowest BCUT2D eigenvalue weighted by Gasteiger charge is -2.52. The highest BCUT2D eigenvalue weighted by molar-refractivity contribution is 6.17. The molecule has 0 spiro atoms. The Hall–Kier alpha value is -3.09. The Balaban J connectivity index is 2.48. The molecule has 0 saturated carbocycles. The van der Waals surface area contributed by atoms with Gasteiger partial charge < -0.3 is 14.9 Å². The fourth-order valence-electron chi connectivity index (χ4n) is 6.03. The topological polar surface area (TPSA) is 101 Å². The second kappa shape index (κ2) is 12.4. The van der Waals surface area contributed by atoms with Gasteiger partial charge in [-0.3, -0.25) is 14.4 Å². The zero-order valence-corrected chi connectivity index (χ0v) is 26.0. The van der Waals surface area contributed by atoms with E-state index in [4.69, 9.17) is 4.74 Å². The van der Waals surface area contributed by atoms with E-state index < -0.39 is 52.2 Å². The number of allylic oxidation sites excluding steroid dienone is 6. The molecule has 222 valence electrons. The summed E-state index contributed by atoms with van der Waals surface area (Å²) >= 11 is 0. The number of hydrogen-bond donors (Lipinski definition) is 2. The summed E-state index contributed by atoms with van der Waals surface area (Å²) < 4.78 is 6.53. The SMILES string of the molecule is CC(=O)C(O)(C1=C(O)C(CC=C(C)C)(CC(CC=C(C)C)=C(C)C)C2OC(C)C(C)C(=O)C2C1=O)c1ccccc1. The minimum Gasteiger partial charge on any atom is -0.511 e. The van der Waals surface area contributed by atoms with Crippen LogP contribution in [0.5, 0.6) is 0 Å². The van der Waals surface area contributed by atoms with Crippen LogP contribution in [0.1, 0.15) is 87.1 Å². The average molecular weight is 563 g/mol. The molecule has 3 rings (SSSR count). The largest absolute Gasteiger partial charge is 0.511 e. The average Bonchev–Trinajstić information content (AvgIpc) is 2.90. The highest BCUT2D eigenvalue weighted by atomic mass is 16.5. The summed E-state index contributed by atoms with van der Waals surface area (Å²) in [6.45, 7) is 16.7. The summed E-state index contributed by atoms with van der Waals surface area (Å²) in [6, 6.07) is 8.17. The van der Waals surface area contributed by atoms with Crippen molar-refractivity contribution >= 4 is 17.3 Å². The molecule has 2 N–H and O–H groups in total. The van der Waals surface area contributed by atoms with Crippen molar-refractivity contribution in [1.29, 1.82) is 0 Å². The Bertz CT molecular complexity index is 1320. The van der Waals surface area contributed by atoms with Crippen molar-refractivity contribution in [3.63, 3.8) is 0 Å². The number of ether oxygens (including phenoxy) is 1. The number of aliphatic hydroxyl groups excluding tert-OH is 1. The van der Waals surface area contributed by atoms with Crippen molar-refractivity contribution in [2.45, 2.75) is 99.4 Å². The minimum absolute atomic E-state index is 0.162. The predicted molar refractivity (Wildman–Crippen MR) is 161 cm³/mol. The first-order valence-corrected chi connectivity index (χ1v) is 14.5. The van der Waals surface area contributed by atoms with Crippen molar-refractivity contribution < 1.29 is 29.3 Å². The van der Waals surface area contributed by atoms with Gasteiger partial charge >= 0.3 is 0 Å². The van der Waals surface area contributed by atoms with Gasteiger partial charge in [0.25, 0.3) is 0 Å². The molecular weight excluding hydrogens is 516 g/mol. The maximum atomic E-state index is 14.3. The van der Waals surface area contributed by atoms with Crippen LogP contribution in [-0.4, -0.2) is 39.8 Å². The number of hydrogen-bond acceptors (Lipinski definition) is 6. The normalized spacial score (nSPS) is 27.5. The number of carbonyl (C=O) groups excluding carboxylic acids is 3. The Kier molecular flexibility index (Phi) is 9.82. The van der Waals surface area contributed by atoms with Gasteiger partial charge in [0.05, 0.1) is 23.2 Å². The van der Waals surface area contributed by atoms with Crippen molar-refractivity contribution in [3.05, 3.63) is 81.7 Å². The Morgan fingerprint density at radius 3 is 2.07 bits per heavy atom. The molecule has 1 aromatic rings. The molecule has 0 aromatic heterocycles. The van der Waals surface area contributed by atoms with E-state index in [0.717, 1.165) is 22.3 Å². The molecule has 41 heavy (non-hydrogen) atoms. The number of fused-ring (bicyclic) bond motifs is 1. The van der Waals surface area contributed by atoms with E-state index in [9.17, 15) is 24.6 Å². The second-order valence-corrected chi connectivity index (χ2v) is 12.6. The van der Waals surface area contributed by atoms with Crippen LogP contribution < -0.4 is 0 Å². The lowest BCUT2D eigenvalue weighted by Crippen LogP contribution is -2.62. The zero-order chi connectivity index (χ0) is 30.9. The molecule has 0 bridgehead atoms. The van der Waals surface area contributed by atoms with Crippen LogP contribution in [0, 0.1) is 17.3 Å². The van der Waals surface area contributed by atoms with E-state index in [-0.39, 0.29) is 29.9 Å². The molecule has 6 nitrogen and oxygen atoms in total. The molecule has 1 fully saturated rings. The summed E-state index contributed by atoms with van der Waals surface area (Å²) in [5.74, 6) is -3.99. The second-order valence-electron chi connectivity index (χ2n) is 12.6. The van der Waals surface area contributed by atoms with E-state index in [1.807, 2.05) is 54.5 Å². The predicted octanol–water partition coefficient (Wildman–Crippen LogP) is 6.89. The number of aliphatic hydroxyl groups is 2. The van der Waals surface area contributed by atoms with Crippen LogP contribution in [0.3, 0.4) is 0 Å². The highest BCUT2D eigenvalue weighted by Gasteiger charge is 2.63. The van der Waals surface area contributed by atoms with Gasteiger partial charge in [-0.15, -0.1) is 0 Å². The smallest absolute Gasteiger partial charge is 0.180 e. The van der Waals surface area contributed by atoms with E-state index >= 15 is 0 Å². The lowest BCUT2D eigenvalue weighted by molar-refractivity contribution is -0.181. The van der Waals surface area contributed by atoms with Gasteiger partial charge in [-0.25, -0.2) is 0 Å². The number of carbonyl (C=O) groups is 3. The number of rotatable bonds is 9. The van der Waals surface area contributed by atoms with Gasteiger partial charge in [-0.1, -0.05) is 71.7 Å². The monoisotopic (exact) mass is 562 g/mol. The van der Waals surface area contributed by atoms with Crippen molar-refractivity contribution in [2.24, 2.45) is 17.3 Å². The van der Waals surface area contributed by atoms with Crippen LogP contribution >= 0.6 is 0 Å². The Morgan fingerprint density at radius 2 is 1.56 bits per heavy atom. The number of ketones is 3. The van der Waals surface area contributed by atoms with Crippen LogP contribution in [0.15, 0.2) is 76.1 Å². The molecule has 6 unspecified atom stereocenters. The van der Waals surface area contributed by atoms with Crippen molar-refractivity contribution in [1.82, 2.24) is 0 Å². The van der Waals surface area contributed by atoms with Crippen LogP contribution in [0.25, 0.3) is 0 Å². The third-order valence-electron chi connectivity index (χ3n) is 8.84. The number of benzene rings is 1. The first-order chi connectivity index (χ1) is 19.1. The summed E-state index contributed by atoms with van der Waals surface area (Å²) in [5, 5.41) is 24.6. The molecule has 1 aromatic carbocycles.